The topological polar surface area (TPSA) is 81.5 Å². The molecule has 11 heteroatoms. The number of hydroxylamine groups is 2. The lowest BCUT2D eigenvalue weighted by Gasteiger charge is -2.13. The molecule has 1 aromatic carbocycles. The molecule has 2 heterocycles. The number of fused-ring (bicyclic) bond motifs is 1. The molecule has 5 rings (SSSR count). The van der Waals surface area contributed by atoms with Crippen molar-refractivity contribution in [2.45, 2.75) is 38.9 Å². The Morgan fingerprint density at radius 3 is 2.55 bits per heavy atom. The second-order valence-electron chi connectivity index (χ2n) is 8.05. The minimum Gasteiger partial charge on any atom is -0.329 e. The van der Waals surface area contributed by atoms with Crippen molar-refractivity contribution in [2.24, 2.45) is 11.8 Å². The monoisotopic (exact) mass is 465 g/mol. The van der Waals surface area contributed by atoms with Crippen molar-refractivity contribution < 1.29 is 36.8 Å². The minimum absolute atomic E-state index is 0.0988. The first-order valence-corrected chi connectivity index (χ1v) is 10.2. The van der Waals surface area contributed by atoms with Crippen LogP contribution in [0.25, 0.3) is 10.9 Å². The van der Waals surface area contributed by atoms with Crippen molar-refractivity contribution >= 4 is 28.7 Å². The number of amides is 2. The summed E-state index contributed by atoms with van der Waals surface area (Å²) in [6.07, 6.45) is 1.11. The first kappa shape index (κ1) is 22.7. The molecule has 1 saturated carbocycles. The molecule has 1 unspecified atom stereocenters. The molecule has 1 aromatic heterocycles. The minimum atomic E-state index is -4.40. The second-order valence-corrected chi connectivity index (χ2v) is 8.05. The highest BCUT2D eigenvalue weighted by atomic mass is 19.4. The predicted molar refractivity (Wildman–Crippen MR) is 106 cm³/mol. The summed E-state index contributed by atoms with van der Waals surface area (Å²) in [5.74, 6) is -2.25. The number of alkyl halides is 3. The number of aromatic nitrogens is 2. The molecule has 0 bridgehead atoms. The number of carbonyl (C=O) groups excluding carboxylic acids is 3. The summed E-state index contributed by atoms with van der Waals surface area (Å²) in [6.45, 7) is 0.656. The Morgan fingerprint density at radius 1 is 1.21 bits per heavy atom. The van der Waals surface area contributed by atoms with Gasteiger partial charge in [-0.25, -0.2) is 4.79 Å². The summed E-state index contributed by atoms with van der Waals surface area (Å²) in [7, 11) is 0. The number of nitrogens with zero attached hydrogens (tertiary/aromatic N) is 3. The van der Waals surface area contributed by atoms with Crippen LogP contribution in [0.4, 0.5) is 17.6 Å². The third-order valence-electron chi connectivity index (χ3n) is 5.56. The van der Waals surface area contributed by atoms with Gasteiger partial charge in [0.05, 0.1) is 22.4 Å². The summed E-state index contributed by atoms with van der Waals surface area (Å²) in [5.41, 5.74) is 0.967. The molecular formula is C22H19F4N3O4. The Morgan fingerprint density at radius 2 is 1.91 bits per heavy atom. The summed E-state index contributed by atoms with van der Waals surface area (Å²) in [4.78, 5) is 40.5. The van der Waals surface area contributed by atoms with Gasteiger partial charge in [0.25, 0.3) is 11.8 Å². The van der Waals surface area contributed by atoms with E-state index in [4.69, 9.17) is 4.84 Å². The number of rotatable bonds is 3. The van der Waals surface area contributed by atoms with Crippen molar-refractivity contribution in [3.63, 3.8) is 0 Å². The van der Waals surface area contributed by atoms with E-state index >= 15 is 0 Å². The second kappa shape index (κ2) is 8.45. The Kier molecular flexibility index (Phi) is 5.81. The SMILES string of the molecule is C[C@H]1CC1C(=O)ON1C(=O)C2=C(CCC=C2)C1=O.Fc1nn(CC(F)(F)F)c2ccccc12. The van der Waals surface area contributed by atoms with E-state index in [0.717, 1.165) is 12.8 Å². The van der Waals surface area contributed by atoms with Gasteiger partial charge in [-0.3, -0.25) is 14.3 Å². The van der Waals surface area contributed by atoms with Crippen LogP contribution in [0.1, 0.15) is 26.2 Å². The fraction of sp³-hybridized carbons (Fsp3) is 0.364. The molecule has 0 N–H and O–H groups in total. The number of hydrogen-bond donors (Lipinski definition) is 0. The first-order chi connectivity index (χ1) is 15.6. The Balaban J connectivity index is 0.000000160. The Bertz CT molecular complexity index is 1200. The average molecular weight is 465 g/mol. The largest absolute Gasteiger partial charge is 0.408 e. The molecule has 0 spiro atoms. The molecule has 2 aromatic rings. The molecule has 1 fully saturated rings. The molecular weight excluding hydrogens is 446 g/mol. The van der Waals surface area contributed by atoms with Crippen LogP contribution in [0.2, 0.25) is 0 Å². The van der Waals surface area contributed by atoms with Crippen LogP contribution >= 0.6 is 0 Å². The molecule has 33 heavy (non-hydrogen) atoms. The molecule has 1 aliphatic heterocycles. The molecule has 3 aliphatic rings. The van der Waals surface area contributed by atoms with Gasteiger partial charge in [-0.1, -0.05) is 36.3 Å². The fourth-order valence-electron chi connectivity index (χ4n) is 3.68. The van der Waals surface area contributed by atoms with Crippen molar-refractivity contribution in [1.82, 2.24) is 14.8 Å². The molecule has 0 radical (unpaired) electrons. The van der Waals surface area contributed by atoms with Gasteiger partial charge in [-0.2, -0.15) is 17.6 Å². The highest BCUT2D eigenvalue weighted by Crippen LogP contribution is 2.39. The standard InChI is InChI=1S/C13H13NO4.C9H6F4N2/c1-7-6-10(7)13(17)18-14-11(15)8-4-2-3-5-9(8)12(14)16;10-8-6-3-1-2-4-7(6)15(14-8)5-9(11,12)13/h2,4,7,10H,3,5-6H2,1H3;1-4H,5H2/t7-,10?;/m0./s1. The predicted octanol–water partition coefficient (Wildman–Crippen LogP) is 3.85. The maximum atomic E-state index is 13.1. The highest BCUT2D eigenvalue weighted by molar-refractivity contribution is 6.20. The quantitative estimate of drug-likeness (QED) is 0.508. The van der Waals surface area contributed by atoms with E-state index in [1.54, 1.807) is 12.1 Å². The fourth-order valence-corrected chi connectivity index (χ4v) is 3.68. The van der Waals surface area contributed by atoms with Gasteiger partial charge in [-0.05, 0) is 37.3 Å². The maximum Gasteiger partial charge on any atom is 0.408 e. The lowest BCUT2D eigenvalue weighted by atomic mass is 10.00. The smallest absolute Gasteiger partial charge is 0.329 e. The third-order valence-corrected chi connectivity index (χ3v) is 5.56. The van der Waals surface area contributed by atoms with Crippen molar-refractivity contribution in [2.75, 3.05) is 0 Å². The Labute approximate surface area is 185 Å². The third kappa shape index (κ3) is 4.67. The number of carbonyl (C=O) groups is 3. The van der Waals surface area contributed by atoms with Gasteiger partial charge in [0, 0.05) is 5.57 Å². The average Bonchev–Trinajstić information content (AvgIpc) is 3.37. The van der Waals surface area contributed by atoms with Crippen LogP contribution in [-0.2, 0) is 25.8 Å². The molecule has 7 nitrogen and oxygen atoms in total. The van der Waals surface area contributed by atoms with Crippen LogP contribution in [0.3, 0.4) is 0 Å². The van der Waals surface area contributed by atoms with Crippen molar-refractivity contribution in [3.8, 4) is 0 Å². The lowest BCUT2D eigenvalue weighted by Crippen LogP contribution is -2.35. The number of halogens is 4. The van der Waals surface area contributed by atoms with Gasteiger partial charge in [0.15, 0.2) is 0 Å². The van der Waals surface area contributed by atoms with E-state index in [0.29, 0.717) is 27.3 Å². The van der Waals surface area contributed by atoms with Crippen molar-refractivity contribution in [1.29, 1.82) is 0 Å². The number of benzene rings is 1. The van der Waals surface area contributed by atoms with Crippen LogP contribution in [0, 0.1) is 17.8 Å². The van der Waals surface area contributed by atoms with Gasteiger partial charge in [0.2, 0.25) is 5.95 Å². The van der Waals surface area contributed by atoms with Gasteiger partial charge in [0.1, 0.15) is 6.54 Å². The van der Waals surface area contributed by atoms with E-state index in [1.807, 2.05) is 13.0 Å². The van der Waals surface area contributed by atoms with Crippen LogP contribution in [0.15, 0.2) is 47.6 Å². The maximum absolute atomic E-state index is 13.1. The highest BCUT2D eigenvalue weighted by Gasteiger charge is 2.46. The number of imide groups is 1. The zero-order valence-corrected chi connectivity index (χ0v) is 17.4. The Hall–Kier alpha value is -3.50. The molecule has 174 valence electrons. The van der Waals surface area contributed by atoms with Gasteiger partial charge in [-0.15, -0.1) is 5.10 Å². The normalized spacial score (nSPS) is 21.8. The summed E-state index contributed by atoms with van der Waals surface area (Å²) >= 11 is 0. The van der Waals surface area contributed by atoms with Crippen LogP contribution in [0.5, 0.6) is 0 Å². The van der Waals surface area contributed by atoms with E-state index in [2.05, 4.69) is 5.10 Å². The zero-order chi connectivity index (χ0) is 23.9. The first-order valence-electron chi connectivity index (χ1n) is 10.2. The van der Waals surface area contributed by atoms with Gasteiger partial charge < -0.3 is 4.84 Å². The number of hydrogen-bond acceptors (Lipinski definition) is 5. The number of para-hydroxylation sites is 1. The zero-order valence-electron chi connectivity index (χ0n) is 17.4. The molecule has 2 atom stereocenters. The van der Waals surface area contributed by atoms with E-state index < -0.39 is 36.5 Å². The van der Waals surface area contributed by atoms with E-state index in [-0.39, 0.29) is 22.7 Å². The molecule has 2 aliphatic carbocycles. The molecule has 2 amide bonds. The lowest BCUT2D eigenvalue weighted by molar-refractivity contribution is -0.198. The van der Waals surface area contributed by atoms with Crippen LogP contribution in [-0.4, -0.2) is 38.8 Å². The summed E-state index contributed by atoms with van der Waals surface area (Å²) in [5, 5.41) is 3.92. The number of allylic oxidation sites excluding steroid dienone is 1. The van der Waals surface area contributed by atoms with E-state index in [9.17, 15) is 31.9 Å². The van der Waals surface area contributed by atoms with Crippen molar-refractivity contribution in [3.05, 3.63) is 53.5 Å². The molecule has 0 saturated heterocycles. The van der Waals surface area contributed by atoms with Gasteiger partial charge >= 0.3 is 12.1 Å². The summed E-state index contributed by atoms with van der Waals surface area (Å²) in [6, 6.07) is 5.88. The summed E-state index contributed by atoms with van der Waals surface area (Å²) < 4.78 is 50.0. The van der Waals surface area contributed by atoms with E-state index in [1.165, 1.54) is 18.2 Å². The van der Waals surface area contributed by atoms with Crippen LogP contribution < -0.4 is 0 Å².